The summed E-state index contributed by atoms with van der Waals surface area (Å²) in [6, 6.07) is 8.94. The van der Waals surface area contributed by atoms with Gasteiger partial charge in [-0.25, -0.2) is 14.4 Å². The topological polar surface area (TPSA) is 54.9 Å². The summed E-state index contributed by atoms with van der Waals surface area (Å²) in [7, 11) is 0. The van der Waals surface area contributed by atoms with Crippen LogP contribution in [0, 0.1) is 12.7 Å². The van der Waals surface area contributed by atoms with Gasteiger partial charge in [0.05, 0.1) is 0 Å². The van der Waals surface area contributed by atoms with Crippen LogP contribution in [0.3, 0.4) is 0 Å². The van der Waals surface area contributed by atoms with Gasteiger partial charge in [-0.2, -0.15) is 13.2 Å². The van der Waals surface area contributed by atoms with Crippen molar-refractivity contribution in [2.75, 3.05) is 5.32 Å². The van der Waals surface area contributed by atoms with Crippen LogP contribution in [0.5, 0.6) is 0 Å². The van der Waals surface area contributed by atoms with Crippen molar-refractivity contribution in [3.63, 3.8) is 0 Å². The molecule has 2 aromatic heterocycles. The molecule has 3 aromatic rings. The Morgan fingerprint density at radius 2 is 1.88 bits per heavy atom. The van der Waals surface area contributed by atoms with Crippen LogP contribution in [-0.4, -0.2) is 15.9 Å². The Hall–Kier alpha value is -2.81. The second-order valence-electron chi connectivity index (χ2n) is 5.38. The predicted molar refractivity (Wildman–Crippen MR) is 89.4 cm³/mol. The van der Waals surface area contributed by atoms with Gasteiger partial charge in [0.15, 0.2) is 10.8 Å². The molecule has 134 valence electrons. The smallest absolute Gasteiger partial charge is 0.296 e. The van der Waals surface area contributed by atoms with E-state index in [0.29, 0.717) is 28.2 Å². The molecule has 9 heteroatoms. The fraction of sp³-hybridized carbons (Fsp3) is 0.118. The minimum Gasteiger partial charge on any atom is -0.296 e. The highest BCUT2D eigenvalue weighted by molar-refractivity contribution is 7.14. The molecule has 0 spiro atoms. The van der Waals surface area contributed by atoms with E-state index in [1.54, 1.807) is 19.1 Å². The fourth-order valence-electron chi connectivity index (χ4n) is 2.24. The lowest BCUT2D eigenvalue weighted by atomic mass is 10.0. The van der Waals surface area contributed by atoms with E-state index in [4.69, 9.17) is 0 Å². The van der Waals surface area contributed by atoms with Crippen molar-refractivity contribution in [1.82, 2.24) is 9.97 Å². The number of anilines is 1. The van der Waals surface area contributed by atoms with Crippen LogP contribution < -0.4 is 5.32 Å². The molecule has 4 nitrogen and oxygen atoms in total. The monoisotopic (exact) mass is 381 g/mol. The molecule has 1 N–H and O–H groups in total. The van der Waals surface area contributed by atoms with Crippen LogP contribution in [0.15, 0.2) is 41.8 Å². The van der Waals surface area contributed by atoms with Gasteiger partial charge in [0.25, 0.3) is 5.91 Å². The number of benzene rings is 1. The molecule has 0 saturated heterocycles. The summed E-state index contributed by atoms with van der Waals surface area (Å²) in [5.41, 5.74) is 0.547. The highest BCUT2D eigenvalue weighted by Crippen LogP contribution is 2.31. The highest BCUT2D eigenvalue weighted by Gasteiger charge is 2.34. The zero-order chi connectivity index (χ0) is 18.9. The van der Waals surface area contributed by atoms with Gasteiger partial charge in [-0.15, -0.1) is 11.3 Å². The Morgan fingerprint density at radius 3 is 2.54 bits per heavy atom. The number of amides is 1. The average molecular weight is 381 g/mol. The fourth-order valence-corrected chi connectivity index (χ4v) is 2.95. The number of pyridine rings is 1. The number of aromatic nitrogens is 2. The average Bonchev–Trinajstić information content (AvgIpc) is 3.03. The van der Waals surface area contributed by atoms with E-state index in [0.717, 1.165) is 5.38 Å². The number of thiazole rings is 1. The van der Waals surface area contributed by atoms with E-state index in [-0.39, 0.29) is 10.8 Å². The molecule has 0 aliphatic rings. The van der Waals surface area contributed by atoms with Gasteiger partial charge in [0, 0.05) is 11.1 Å². The van der Waals surface area contributed by atoms with Crippen LogP contribution in [0.2, 0.25) is 0 Å². The molecule has 3 rings (SSSR count). The number of hydrogen-bond donors (Lipinski definition) is 1. The van der Waals surface area contributed by atoms with Gasteiger partial charge in [-0.05, 0) is 42.3 Å². The Labute approximate surface area is 149 Å². The van der Waals surface area contributed by atoms with Gasteiger partial charge in [0.1, 0.15) is 11.5 Å². The zero-order valence-corrected chi connectivity index (χ0v) is 14.1. The summed E-state index contributed by atoms with van der Waals surface area (Å²) < 4.78 is 51.1. The van der Waals surface area contributed by atoms with E-state index < -0.39 is 23.6 Å². The number of rotatable bonds is 3. The number of carbonyl (C=O) groups excluding carboxylic acids is 1. The summed E-state index contributed by atoms with van der Waals surface area (Å²) in [6.07, 6.45) is -4.58. The molecule has 0 aliphatic carbocycles. The molecule has 0 radical (unpaired) electrons. The molecule has 0 aliphatic heterocycles. The van der Waals surface area contributed by atoms with E-state index in [1.165, 1.54) is 24.3 Å². The third kappa shape index (κ3) is 4.05. The largest absolute Gasteiger partial charge is 0.434 e. The van der Waals surface area contributed by atoms with E-state index >= 15 is 0 Å². The first-order chi connectivity index (χ1) is 12.2. The van der Waals surface area contributed by atoms with Gasteiger partial charge in [-0.3, -0.25) is 10.1 Å². The molecule has 1 amide bonds. The van der Waals surface area contributed by atoms with Crippen molar-refractivity contribution in [2.24, 2.45) is 0 Å². The Kier molecular flexibility index (Phi) is 4.73. The number of nitrogens with zero attached hydrogens (tertiary/aromatic N) is 2. The molecule has 1 aromatic carbocycles. The van der Waals surface area contributed by atoms with Crippen LogP contribution in [0.4, 0.5) is 22.7 Å². The minimum absolute atomic E-state index is 0.00646. The minimum atomic E-state index is -4.58. The van der Waals surface area contributed by atoms with Crippen molar-refractivity contribution in [3.8, 4) is 11.1 Å². The van der Waals surface area contributed by atoms with Crippen LogP contribution in [0.25, 0.3) is 11.1 Å². The standard InChI is InChI=1S/C17H11F4N3OS/c1-9-5-11(10-3-2-4-12(18)6-10)7-13(22-9)15(25)24-16-23-14(8-26-16)17(19,20)21/h2-8H,1H3,(H,23,24,25). The molecule has 0 atom stereocenters. The third-order valence-electron chi connectivity index (χ3n) is 3.36. The quantitative estimate of drug-likeness (QED) is 0.655. The normalized spacial score (nSPS) is 11.4. The van der Waals surface area contributed by atoms with E-state index in [2.05, 4.69) is 15.3 Å². The summed E-state index contributed by atoms with van der Waals surface area (Å²) in [6.45, 7) is 1.66. The summed E-state index contributed by atoms with van der Waals surface area (Å²) >= 11 is 0.666. The molecule has 0 bridgehead atoms. The molecule has 2 heterocycles. The first-order valence-corrected chi connectivity index (χ1v) is 8.19. The lowest BCUT2D eigenvalue weighted by Crippen LogP contribution is -2.15. The molecule has 0 saturated carbocycles. The number of hydrogen-bond acceptors (Lipinski definition) is 4. The molecular weight excluding hydrogens is 370 g/mol. The summed E-state index contributed by atoms with van der Waals surface area (Å²) in [5.74, 6) is -1.13. The van der Waals surface area contributed by atoms with E-state index in [9.17, 15) is 22.4 Å². The number of aryl methyl sites for hydroxylation is 1. The molecule has 0 unspecified atom stereocenters. The third-order valence-corrected chi connectivity index (χ3v) is 4.12. The number of carbonyl (C=O) groups is 1. The first kappa shape index (κ1) is 18.0. The van der Waals surface area contributed by atoms with Crippen LogP contribution in [0.1, 0.15) is 21.9 Å². The second-order valence-corrected chi connectivity index (χ2v) is 6.24. The van der Waals surface area contributed by atoms with Crippen molar-refractivity contribution in [1.29, 1.82) is 0 Å². The molecular formula is C17H11F4N3OS. The van der Waals surface area contributed by atoms with E-state index in [1.807, 2.05) is 0 Å². The highest BCUT2D eigenvalue weighted by atomic mass is 32.1. The lowest BCUT2D eigenvalue weighted by molar-refractivity contribution is -0.140. The van der Waals surface area contributed by atoms with Crippen molar-refractivity contribution < 1.29 is 22.4 Å². The first-order valence-electron chi connectivity index (χ1n) is 7.31. The van der Waals surface area contributed by atoms with Gasteiger partial charge < -0.3 is 0 Å². The predicted octanol–water partition coefficient (Wildman–Crippen LogP) is 4.92. The second kappa shape index (κ2) is 6.83. The van der Waals surface area contributed by atoms with Crippen molar-refractivity contribution >= 4 is 22.4 Å². The van der Waals surface area contributed by atoms with Gasteiger partial charge >= 0.3 is 6.18 Å². The maximum absolute atomic E-state index is 13.4. The summed E-state index contributed by atoms with van der Waals surface area (Å²) in [4.78, 5) is 19.7. The Morgan fingerprint density at radius 1 is 1.12 bits per heavy atom. The maximum atomic E-state index is 13.4. The SMILES string of the molecule is Cc1cc(-c2cccc(F)c2)cc(C(=O)Nc2nc(C(F)(F)F)cs2)n1. The van der Waals surface area contributed by atoms with Gasteiger partial charge in [-0.1, -0.05) is 12.1 Å². The number of halogens is 4. The maximum Gasteiger partial charge on any atom is 0.434 e. The molecule has 26 heavy (non-hydrogen) atoms. The Balaban J connectivity index is 1.87. The number of nitrogens with one attached hydrogen (secondary N) is 1. The number of alkyl halides is 3. The van der Waals surface area contributed by atoms with Crippen LogP contribution >= 0.6 is 11.3 Å². The van der Waals surface area contributed by atoms with Crippen molar-refractivity contribution in [3.05, 3.63) is 64.7 Å². The molecule has 0 fully saturated rings. The van der Waals surface area contributed by atoms with Gasteiger partial charge in [0.2, 0.25) is 0 Å². The van der Waals surface area contributed by atoms with Crippen molar-refractivity contribution in [2.45, 2.75) is 13.1 Å². The lowest BCUT2D eigenvalue weighted by Gasteiger charge is -2.07. The zero-order valence-electron chi connectivity index (χ0n) is 13.3. The summed E-state index contributed by atoms with van der Waals surface area (Å²) in [5, 5.41) is 2.93. The van der Waals surface area contributed by atoms with Crippen LogP contribution in [-0.2, 0) is 6.18 Å². The Bertz CT molecular complexity index is 969.